The summed E-state index contributed by atoms with van der Waals surface area (Å²) >= 11 is 0. The third-order valence-electron chi connectivity index (χ3n) is 1.28. The minimum absolute atomic E-state index is 0.0654. The van der Waals surface area contributed by atoms with E-state index < -0.39 is 10.8 Å². The van der Waals surface area contributed by atoms with E-state index in [1.165, 1.54) is 12.1 Å². The lowest BCUT2D eigenvalue weighted by Crippen LogP contribution is -1.93. The molecule has 13 heavy (non-hydrogen) atoms. The van der Waals surface area contributed by atoms with Gasteiger partial charge in [-0.15, -0.1) is 0 Å². The van der Waals surface area contributed by atoms with Crippen LogP contribution in [-0.4, -0.2) is 4.92 Å². The second-order valence-corrected chi connectivity index (χ2v) is 2.12. The van der Waals surface area contributed by atoms with Crippen molar-refractivity contribution in [2.75, 3.05) is 0 Å². The van der Waals surface area contributed by atoms with Crippen molar-refractivity contribution < 1.29 is 9.34 Å². The van der Waals surface area contributed by atoms with Gasteiger partial charge < -0.3 is 10.2 Å². The summed E-state index contributed by atoms with van der Waals surface area (Å²) in [6.45, 7) is 0. The van der Waals surface area contributed by atoms with Gasteiger partial charge in [0, 0.05) is 6.08 Å². The van der Waals surface area contributed by atoms with Crippen LogP contribution in [0, 0.1) is 21.4 Å². The van der Waals surface area contributed by atoms with Gasteiger partial charge in [-0.1, -0.05) is 0 Å². The van der Waals surface area contributed by atoms with Crippen molar-refractivity contribution in [2.24, 2.45) is 5.73 Å². The van der Waals surface area contributed by atoms with E-state index in [4.69, 9.17) is 15.4 Å². The van der Waals surface area contributed by atoms with Gasteiger partial charge in [-0.3, -0.25) is 10.1 Å². The van der Waals surface area contributed by atoms with E-state index in [1.807, 2.05) is 0 Å². The highest BCUT2D eigenvalue weighted by Gasteiger charge is 2.12. The Balaban J connectivity index is 3.00. The summed E-state index contributed by atoms with van der Waals surface area (Å²) in [5.41, 5.74) is 5.41. The van der Waals surface area contributed by atoms with Crippen LogP contribution in [-0.2, 0) is 0 Å². The van der Waals surface area contributed by atoms with Crippen LogP contribution in [0.3, 0.4) is 0 Å². The highest BCUT2D eigenvalue weighted by molar-refractivity contribution is 5.61. The molecular formula is C7H5N3O3. The van der Waals surface area contributed by atoms with E-state index >= 15 is 0 Å². The van der Waals surface area contributed by atoms with Gasteiger partial charge >= 0.3 is 5.88 Å². The Morgan fingerprint density at radius 2 is 2.46 bits per heavy atom. The lowest BCUT2D eigenvalue weighted by Gasteiger charge is -1.90. The zero-order chi connectivity index (χ0) is 9.84. The SMILES string of the molecule is N#C/C=C(/N)c1ccc([N+](=O)[O-])o1. The van der Waals surface area contributed by atoms with Crippen LogP contribution >= 0.6 is 0 Å². The molecule has 0 aliphatic heterocycles. The predicted molar refractivity (Wildman–Crippen MR) is 43.1 cm³/mol. The van der Waals surface area contributed by atoms with E-state index in [0.29, 0.717) is 0 Å². The molecule has 0 saturated carbocycles. The van der Waals surface area contributed by atoms with E-state index in [2.05, 4.69) is 0 Å². The maximum Gasteiger partial charge on any atom is 0.433 e. The Kier molecular flexibility index (Phi) is 2.31. The maximum atomic E-state index is 10.2. The van der Waals surface area contributed by atoms with Gasteiger partial charge in [0.15, 0.2) is 5.76 Å². The Morgan fingerprint density at radius 1 is 1.77 bits per heavy atom. The van der Waals surface area contributed by atoms with Crippen molar-refractivity contribution in [3.8, 4) is 6.07 Å². The fraction of sp³-hybridized carbons (Fsp3) is 0. The standard InChI is InChI=1S/C7H5N3O3/c8-4-3-5(9)6-1-2-7(13-6)10(11)12/h1-3H,9H2/b5-3+. The molecule has 0 spiro atoms. The molecule has 0 unspecified atom stereocenters. The first-order valence-corrected chi connectivity index (χ1v) is 3.25. The molecule has 1 aromatic rings. The molecule has 0 aliphatic carbocycles. The summed E-state index contributed by atoms with van der Waals surface area (Å²) in [5.74, 6) is -0.280. The van der Waals surface area contributed by atoms with E-state index in [1.54, 1.807) is 6.07 Å². The summed E-state index contributed by atoms with van der Waals surface area (Å²) in [7, 11) is 0. The van der Waals surface area contributed by atoms with Crippen LogP contribution < -0.4 is 5.73 Å². The van der Waals surface area contributed by atoms with Gasteiger partial charge in [-0.2, -0.15) is 5.26 Å². The topological polar surface area (TPSA) is 106 Å². The molecule has 66 valence electrons. The monoisotopic (exact) mass is 179 g/mol. The Hall–Kier alpha value is -2.29. The van der Waals surface area contributed by atoms with Gasteiger partial charge in [0.05, 0.1) is 17.8 Å². The number of furan rings is 1. The summed E-state index contributed by atoms with van der Waals surface area (Å²) in [5, 5.41) is 18.4. The first-order valence-electron chi connectivity index (χ1n) is 3.25. The van der Waals surface area contributed by atoms with E-state index in [-0.39, 0.29) is 11.5 Å². The van der Waals surface area contributed by atoms with Crippen molar-refractivity contribution in [1.29, 1.82) is 5.26 Å². The molecule has 0 radical (unpaired) electrons. The van der Waals surface area contributed by atoms with Crippen LogP contribution in [0.4, 0.5) is 5.88 Å². The molecule has 6 nitrogen and oxygen atoms in total. The molecule has 0 fully saturated rings. The number of hydrogen-bond acceptors (Lipinski definition) is 5. The smallest absolute Gasteiger partial charge is 0.399 e. The number of nitrogens with zero attached hydrogens (tertiary/aromatic N) is 2. The number of nitriles is 1. The summed E-state index contributed by atoms with van der Waals surface area (Å²) < 4.78 is 4.72. The average molecular weight is 179 g/mol. The molecule has 0 saturated heterocycles. The van der Waals surface area contributed by atoms with Crippen molar-refractivity contribution in [1.82, 2.24) is 0 Å². The van der Waals surface area contributed by atoms with Gasteiger partial charge in [0.1, 0.15) is 4.92 Å². The number of nitrogens with two attached hydrogens (primary N) is 1. The average Bonchev–Trinajstić information content (AvgIpc) is 2.52. The minimum atomic E-state index is -0.677. The quantitative estimate of drug-likeness (QED) is 0.414. The molecule has 6 heteroatoms. The largest absolute Gasteiger partial charge is 0.433 e. The van der Waals surface area contributed by atoms with Crippen LogP contribution in [0.15, 0.2) is 22.6 Å². The van der Waals surface area contributed by atoms with Crippen LogP contribution in [0.25, 0.3) is 5.70 Å². The van der Waals surface area contributed by atoms with Crippen molar-refractivity contribution >= 4 is 11.6 Å². The van der Waals surface area contributed by atoms with Gasteiger partial charge in [0.25, 0.3) is 0 Å². The zero-order valence-corrected chi connectivity index (χ0v) is 6.43. The molecule has 0 aromatic carbocycles. The van der Waals surface area contributed by atoms with Gasteiger partial charge in [-0.25, -0.2) is 0 Å². The number of allylic oxidation sites excluding steroid dienone is 1. The molecule has 0 bridgehead atoms. The first-order chi connectivity index (χ1) is 6.15. The van der Waals surface area contributed by atoms with Gasteiger partial charge in [-0.05, 0) is 6.07 Å². The normalized spacial score (nSPS) is 10.8. The van der Waals surface area contributed by atoms with Crippen LogP contribution in [0.5, 0.6) is 0 Å². The Morgan fingerprint density at radius 3 is 2.92 bits per heavy atom. The fourth-order valence-electron chi connectivity index (χ4n) is 0.722. The van der Waals surface area contributed by atoms with Crippen molar-refractivity contribution in [2.45, 2.75) is 0 Å². The number of nitro groups is 1. The third-order valence-corrected chi connectivity index (χ3v) is 1.28. The summed E-state index contributed by atoms with van der Waals surface area (Å²) in [4.78, 5) is 9.50. The lowest BCUT2D eigenvalue weighted by molar-refractivity contribution is -0.402. The highest BCUT2D eigenvalue weighted by atomic mass is 16.6. The van der Waals surface area contributed by atoms with Crippen molar-refractivity contribution in [3.63, 3.8) is 0 Å². The molecule has 2 N–H and O–H groups in total. The molecule has 0 atom stereocenters. The van der Waals surface area contributed by atoms with Gasteiger partial charge in [0.2, 0.25) is 0 Å². The summed E-state index contributed by atoms with van der Waals surface area (Å²) in [6, 6.07) is 4.20. The Labute approximate surface area is 73.0 Å². The summed E-state index contributed by atoms with van der Waals surface area (Å²) in [6.07, 6.45) is 1.04. The molecule has 0 aliphatic rings. The van der Waals surface area contributed by atoms with Crippen molar-refractivity contribution in [3.05, 3.63) is 34.1 Å². The fourth-order valence-corrected chi connectivity index (χ4v) is 0.722. The zero-order valence-electron chi connectivity index (χ0n) is 6.43. The molecule has 1 aromatic heterocycles. The first kappa shape index (κ1) is 8.80. The van der Waals surface area contributed by atoms with E-state index in [0.717, 1.165) is 6.08 Å². The molecule has 1 heterocycles. The molecular weight excluding hydrogens is 174 g/mol. The maximum absolute atomic E-state index is 10.2. The number of rotatable bonds is 2. The Bertz CT molecular complexity index is 399. The number of hydrogen-bond donors (Lipinski definition) is 1. The molecule has 1 rings (SSSR count). The third kappa shape index (κ3) is 1.84. The highest BCUT2D eigenvalue weighted by Crippen LogP contribution is 2.19. The van der Waals surface area contributed by atoms with E-state index in [9.17, 15) is 10.1 Å². The van der Waals surface area contributed by atoms with Crippen LogP contribution in [0.2, 0.25) is 0 Å². The predicted octanol–water partition coefficient (Wildman–Crippen LogP) is 1.01. The lowest BCUT2D eigenvalue weighted by atomic mass is 10.3. The second-order valence-electron chi connectivity index (χ2n) is 2.12. The van der Waals surface area contributed by atoms with Crippen LogP contribution in [0.1, 0.15) is 5.76 Å². The molecule has 0 amide bonds. The second kappa shape index (κ2) is 3.40. The minimum Gasteiger partial charge on any atom is -0.399 e.